The highest BCUT2D eigenvalue weighted by Gasteiger charge is 2.37. The predicted molar refractivity (Wildman–Crippen MR) is 76.6 cm³/mol. The van der Waals surface area contributed by atoms with Crippen LogP contribution < -0.4 is 0 Å². The summed E-state index contributed by atoms with van der Waals surface area (Å²) in [6.07, 6.45) is 3.12. The second-order valence-corrected chi connectivity index (χ2v) is 8.96. The summed E-state index contributed by atoms with van der Waals surface area (Å²) in [6, 6.07) is 5.03. The Hall–Kier alpha value is -0.890. The van der Waals surface area contributed by atoms with Gasteiger partial charge in [0.05, 0.1) is 9.79 Å². The number of rotatable bonds is 6. The minimum atomic E-state index is -3.96. The molecular formula is C12H14ClNO4S2. The van der Waals surface area contributed by atoms with Gasteiger partial charge < -0.3 is 0 Å². The van der Waals surface area contributed by atoms with E-state index in [1.807, 2.05) is 0 Å². The largest absolute Gasteiger partial charge is 0.261 e. The lowest BCUT2D eigenvalue weighted by Crippen LogP contribution is -2.33. The molecule has 1 aromatic rings. The summed E-state index contributed by atoms with van der Waals surface area (Å²) >= 11 is 0. The van der Waals surface area contributed by atoms with Crippen molar-refractivity contribution in [1.82, 2.24) is 4.31 Å². The zero-order valence-corrected chi connectivity index (χ0v) is 13.0. The second-order valence-electron chi connectivity index (χ2n) is 4.51. The number of halogens is 1. The van der Waals surface area contributed by atoms with Crippen LogP contribution in [0, 0.1) is 0 Å². The van der Waals surface area contributed by atoms with Crippen LogP contribution in [-0.2, 0) is 19.1 Å². The highest BCUT2D eigenvalue weighted by atomic mass is 35.7. The van der Waals surface area contributed by atoms with E-state index < -0.39 is 19.1 Å². The average Bonchev–Trinajstić information content (AvgIpc) is 3.19. The van der Waals surface area contributed by atoms with Crippen LogP contribution in [-0.4, -0.2) is 33.7 Å². The van der Waals surface area contributed by atoms with Gasteiger partial charge in [-0.05, 0) is 31.0 Å². The average molecular weight is 336 g/mol. The van der Waals surface area contributed by atoms with Gasteiger partial charge in [0, 0.05) is 23.3 Å². The fourth-order valence-corrected chi connectivity index (χ4v) is 4.43. The maximum atomic E-state index is 12.5. The SMILES string of the molecule is C=CCN(C1CC1)S(=O)(=O)c1cccc(S(=O)(=O)Cl)c1. The molecule has 8 heteroatoms. The molecule has 0 atom stereocenters. The monoisotopic (exact) mass is 335 g/mol. The molecule has 0 heterocycles. The number of nitrogens with zero attached hydrogens (tertiary/aromatic N) is 1. The Kier molecular flexibility index (Phi) is 4.24. The highest BCUT2D eigenvalue weighted by Crippen LogP contribution is 2.32. The maximum Gasteiger partial charge on any atom is 0.261 e. The number of hydrogen-bond donors (Lipinski definition) is 0. The summed E-state index contributed by atoms with van der Waals surface area (Å²) < 4.78 is 49.0. The van der Waals surface area contributed by atoms with Crippen molar-refractivity contribution in [3.8, 4) is 0 Å². The van der Waals surface area contributed by atoms with E-state index in [-0.39, 0.29) is 22.4 Å². The molecule has 0 amide bonds. The van der Waals surface area contributed by atoms with Gasteiger partial charge in [0.15, 0.2) is 0 Å². The van der Waals surface area contributed by atoms with Crippen LogP contribution in [0.5, 0.6) is 0 Å². The van der Waals surface area contributed by atoms with Crippen LogP contribution in [0.25, 0.3) is 0 Å². The lowest BCUT2D eigenvalue weighted by atomic mass is 10.4. The van der Waals surface area contributed by atoms with Crippen molar-refractivity contribution < 1.29 is 16.8 Å². The van der Waals surface area contributed by atoms with Gasteiger partial charge in [-0.2, -0.15) is 4.31 Å². The van der Waals surface area contributed by atoms with Gasteiger partial charge in [0.25, 0.3) is 9.05 Å². The first-order valence-electron chi connectivity index (χ1n) is 5.94. The minimum Gasteiger partial charge on any atom is -0.207 e. The fourth-order valence-electron chi connectivity index (χ4n) is 1.85. The molecule has 0 spiro atoms. The third-order valence-corrected chi connectivity index (χ3v) is 6.22. The number of benzene rings is 1. The van der Waals surface area contributed by atoms with Gasteiger partial charge in [-0.25, -0.2) is 16.8 Å². The molecule has 1 aliphatic carbocycles. The van der Waals surface area contributed by atoms with Crippen molar-refractivity contribution in [2.45, 2.75) is 28.7 Å². The fraction of sp³-hybridized carbons (Fsp3) is 0.333. The van der Waals surface area contributed by atoms with Crippen molar-refractivity contribution in [3.63, 3.8) is 0 Å². The van der Waals surface area contributed by atoms with Gasteiger partial charge in [0.2, 0.25) is 10.0 Å². The minimum absolute atomic E-state index is 0.0331. The zero-order valence-electron chi connectivity index (χ0n) is 10.6. The smallest absolute Gasteiger partial charge is 0.207 e. The summed E-state index contributed by atoms with van der Waals surface area (Å²) in [5.41, 5.74) is 0. The molecule has 1 fully saturated rings. The first-order chi connectivity index (χ1) is 9.26. The molecule has 1 aromatic carbocycles. The summed E-state index contributed by atoms with van der Waals surface area (Å²) in [7, 11) is -2.46. The Labute approximate surface area is 123 Å². The van der Waals surface area contributed by atoms with E-state index >= 15 is 0 Å². The molecule has 0 radical (unpaired) electrons. The molecule has 0 saturated heterocycles. The third-order valence-electron chi connectivity index (χ3n) is 2.96. The van der Waals surface area contributed by atoms with E-state index in [0.29, 0.717) is 0 Å². The van der Waals surface area contributed by atoms with Gasteiger partial charge in [-0.15, -0.1) is 6.58 Å². The van der Waals surface area contributed by atoms with Crippen LogP contribution in [0.15, 0.2) is 46.7 Å². The van der Waals surface area contributed by atoms with Crippen molar-refractivity contribution in [2.24, 2.45) is 0 Å². The Morgan fingerprint density at radius 2 is 1.85 bits per heavy atom. The topological polar surface area (TPSA) is 71.5 Å². The third kappa shape index (κ3) is 3.22. The first kappa shape index (κ1) is 15.5. The van der Waals surface area contributed by atoms with Crippen LogP contribution in [0.2, 0.25) is 0 Å². The summed E-state index contributed by atoms with van der Waals surface area (Å²) in [4.78, 5) is -0.303. The quantitative estimate of drug-likeness (QED) is 0.588. The molecule has 1 saturated carbocycles. The van der Waals surface area contributed by atoms with E-state index in [1.165, 1.54) is 28.6 Å². The van der Waals surface area contributed by atoms with E-state index in [9.17, 15) is 16.8 Å². The van der Waals surface area contributed by atoms with Crippen LogP contribution in [0.4, 0.5) is 0 Å². The molecule has 20 heavy (non-hydrogen) atoms. The molecule has 0 aliphatic heterocycles. The van der Waals surface area contributed by atoms with Gasteiger partial charge in [-0.1, -0.05) is 12.1 Å². The first-order valence-corrected chi connectivity index (χ1v) is 9.69. The molecule has 0 unspecified atom stereocenters. The van der Waals surface area contributed by atoms with Crippen LogP contribution in [0.3, 0.4) is 0 Å². The molecule has 5 nitrogen and oxygen atoms in total. The van der Waals surface area contributed by atoms with Gasteiger partial charge in [0.1, 0.15) is 0 Å². The van der Waals surface area contributed by atoms with Gasteiger partial charge >= 0.3 is 0 Å². The molecular weight excluding hydrogens is 322 g/mol. The van der Waals surface area contributed by atoms with Crippen LogP contribution >= 0.6 is 10.7 Å². The number of sulfonamides is 1. The lowest BCUT2D eigenvalue weighted by molar-refractivity contribution is 0.436. The van der Waals surface area contributed by atoms with Crippen molar-refractivity contribution in [1.29, 1.82) is 0 Å². The van der Waals surface area contributed by atoms with Crippen molar-refractivity contribution in [2.75, 3.05) is 6.54 Å². The molecule has 110 valence electrons. The Morgan fingerprint density at radius 3 is 2.35 bits per heavy atom. The second kappa shape index (κ2) is 5.48. The van der Waals surface area contributed by atoms with E-state index in [1.54, 1.807) is 0 Å². The zero-order chi connectivity index (χ0) is 15.0. The summed E-state index contributed by atoms with van der Waals surface area (Å²) in [5, 5.41) is 0. The van der Waals surface area contributed by atoms with Crippen LogP contribution in [0.1, 0.15) is 12.8 Å². The normalized spacial score (nSPS) is 16.3. The molecule has 0 N–H and O–H groups in total. The Morgan fingerprint density at radius 1 is 1.25 bits per heavy atom. The maximum absolute atomic E-state index is 12.5. The highest BCUT2D eigenvalue weighted by molar-refractivity contribution is 8.13. The van der Waals surface area contributed by atoms with E-state index in [2.05, 4.69) is 6.58 Å². The predicted octanol–water partition coefficient (Wildman–Crippen LogP) is 1.95. The van der Waals surface area contributed by atoms with E-state index in [0.717, 1.165) is 18.9 Å². The molecule has 0 bridgehead atoms. The molecule has 0 aromatic heterocycles. The standard InChI is InChI=1S/C12H14ClNO4S2/c1-2-8-14(10-6-7-10)20(17,18)12-5-3-4-11(9-12)19(13,15)16/h2-5,9-10H,1,6-8H2. The van der Waals surface area contributed by atoms with Gasteiger partial charge in [-0.3, -0.25) is 0 Å². The molecule has 2 rings (SSSR count). The van der Waals surface area contributed by atoms with E-state index in [4.69, 9.17) is 10.7 Å². The Bertz CT molecular complexity index is 724. The molecule has 1 aliphatic rings. The Balaban J connectivity index is 2.46. The van der Waals surface area contributed by atoms with Crippen molar-refractivity contribution in [3.05, 3.63) is 36.9 Å². The number of hydrogen-bond acceptors (Lipinski definition) is 4. The lowest BCUT2D eigenvalue weighted by Gasteiger charge is -2.20. The summed E-state index contributed by atoms with van der Waals surface area (Å²) in [5.74, 6) is 0. The summed E-state index contributed by atoms with van der Waals surface area (Å²) in [6.45, 7) is 3.75. The van der Waals surface area contributed by atoms with Crippen molar-refractivity contribution >= 4 is 29.8 Å².